The zero-order valence-electron chi connectivity index (χ0n) is 17.2. The van der Waals surface area contributed by atoms with Gasteiger partial charge in [-0.2, -0.15) is 0 Å². The highest BCUT2D eigenvalue weighted by molar-refractivity contribution is 7.19. The van der Waals surface area contributed by atoms with E-state index in [1.807, 2.05) is 24.3 Å². The molecule has 152 valence electrons. The zero-order valence-corrected chi connectivity index (χ0v) is 18.0. The number of hydrogen-bond donors (Lipinski definition) is 0. The highest BCUT2D eigenvalue weighted by Gasteiger charge is 2.31. The SMILES string of the molecule is CC=CCOCC1CCc2sc3ncnc(OC4CCC(N(C)C)CC4)c3c21. The quantitative estimate of drug-likeness (QED) is 0.503. The third-order valence-corrected chi connectivity index (χ3v) is 7.29. The van der Waals surface area contributed by atoms with E-state index in [0.717, 1.165) is 48.4 Å². The van der Waals surface area contributed by atoms with Crippen LogP contribution in [-0.2, 0) is 11.2 Å². The summed E-state index contributed by atoms with van der Waals surface area (Å²) in [6.45, 7) is 3.46. The van der Waals surface area contributed by atoms with Gasteiger partial charge in [-0.25, -0.2) is 9.97 Å². The summed E-state index contributed by atoms with van der Waals surface area (Å²) in [5.41, 5.74) is 1.39. The van der Waals surface area contributed by atoms with E-state index < -0.39 is 0 Å². The number of aromatic nitrogens is 2. The smallest absolute Gasteiger partial charge is 0.225 e. The van der Waals surface area contributed by atoms with Crippen molar-refractivity contribution < 1.29 is 9.47 Å². The molecule has 2 heterocycles. The minimum absolute atomic E-state index is 0.260. The van der Waals surface area contributed by atoms with Crippen molar-refractivity contribution in [3.05, 3.63) is 28.9 Å². The van der Waals surface area contributed by atoms with E-state index in [9.17, 15) is 0 Å². The summed E-state index contributed by atoms with van der Waals surface area (Å²) in [4.78, 5) is 13.9. The second-order valence-electron chi connectivity index (χ2n) is 8.15. The van der Waals surface area contributed by atoms with Gasteiger partial charge in [0.15, 0.2) is 0 Å². The van der Waals surface area contributed by atoms with Crippen LogP contribution in [0.1, 0.15) is 55.4 Å². The van der Waals surface area contributed by atoms with E-state index in [2.05, 4.69) is 35.0 Å². The molecule has 0 saturated heterocycles. The lowest BCUT2D eigenvalue weighted by Crippen LogP contribution is -2.35. The molecular weight excluding hydrogens is 370 g/mol. The van der Waals surface area contributed by atoms with E-state index >= 15 is 0 Å². The van der Waals surface area contributed by atoms with Gasteiger partial charge in [-0.15, -0.1) is 11.3 Å². The second kappa shape index (κ2) is 8.89. The van der Waals surface area contributed by atoms with Gasteiger partial charge in [-0.3, -0.25) is 0 Å². The van der Waals surface area contributed by atoms with Crippen molar-refractivity contribution in [2.45, 2.75) is 63.5 Å². The van der Waals surface area contributed by atoms with Crippen molar-refractivity contribution in [3.63, 3.8) is 0 Å². The lowest BCUT2D eigenvalue weighted by Gasteiger charge is -2.32. The predicted molar refractivity (Wildman–Crippen MR) is 114 cm³/mol. The van der Waals surface area contributed by atoms with E-state index in [4.69, 9.17) is 9.47 Å². The fraction of sp³-hybridized carbons (Fsp3) is 0.636. The van der Waals surface area contributed by atoms with Gasteiger partial charge in [0.1, 0.15) is 17.3 Å². The number of allylic oxidation sites excluding steroid dienone is 1. The number of aryl methyl sites for hydroxylation is 1. The van der Waals surface area contributed by atoms with E-state index in [1.165, 1.54) is 23.3 Å². The standard InChI is InChI=1S/C22H31N3O2S/c1-4-5-12-26-13-15-6-11-18-19(15)20-21(23-14-24-22(20)28-18)27-17-9-7-16(8-10-17)25(2)3/h4-5,14-17H,6-13H2,1-3H3. The minimum atomic E-state index is 0.260. The van der Waals surface area contributed by atoms with Crippen molar-refractivity contribution >= 4 is 21.6 Å². The third kappa shape index (κ3) is 4.09. The van der Waals surface area contributed by atoms with Gasteiger partial charge in [0, 0.05) is 16.8 Å². The number of nitrogens with zero attached hydrogens (tertiary/aromatic N) is 3. The fourth-order valence-electron chi connectivity index (χ4n) is 4.51. The van der Waals surface area contributed by atoms with Crippen molar-refractivity contribution in [2.24, 2.45) is 0 Å². The molecule has 1 saturated carbocycles. The van der Waals surface area contributed by atoms with Crippen molar-refractivity contribution in [1.82, 2.24) is 14.9 Å². The molecule has 0 aliphatic heterocycles. The van der Waals surface area contributed by atoms with Crippen LogP contribution in [0.4, 0.5) is 0 Å². The number of thiophene rings is 1. The van der Waals surface area contributed by atoms with Gasteiger partial charge >= 0.3 is 0 Å². The average molecular weight is 402 g/mol. The maximum atomic E-state index is 6.46. The minimum Gasteiger partial charge on any atom is -0.474 e. The first-order chi connectivity index (χ1) is 13.7. The van der Waals surface area contributed by atoms with E-state index in [1.54, 1.807) is 6.33 Å². The van der Waals surface area contributed by atoms with Crippen LogP contribution in [-0.4, -0.2) is 54.3 Å². The van der Waals surface area contributed by atoms with Gasteiger partial charge in [-0.05, 0) is 65.1 Å². The first kappa shape index (κ1) is 19.8. The Morgan fingerprint density at radius 2 is 2.00 bits per heavy atom. The highest BCUT2D eigenvalue weighted by Crippen LogP contribution is 2.46. The molecule has 2 aliphatic rings. The summed E-state index contributed by atoms with van der Waals surface area (Å²) in [6.07, 6.45) is 12.8. The van der Waals surface area contributed by atoms with E-state index in [-0.39, 0.29) is 6.10 Å². The van der Waals surface area contributed by atoms with E-state index in [0.29, 0.717) is 18.6 Å². The summed E-state index contributed by atoms with van der Waals surface area (Å²) in [5.74, 6) is 1.21. The predicted octanol–water partition coefficient (Wildman–Crippen LogP) is 4.57. The Bertz CT molecular complexity index is 825. The monoisotopic (exact) mass is 401 g/mol. The topological polar surface area (TPSA) is 47.5 Å². The Balaban J connectivity index is 1.52. The van der Waals surface area contributed by atoms with Crippen molar-refractivity contribution in [2.75, 3.05) is 27.3 Å². The summed E-state index contributed by atoms with van der Waals surface area (Å²) in [5, 5.41) is 1.15. The molecule has 0 N–H and O–H groups in total. The number of rotatable bonds is 7. The summed E-state index contributed by atoms with van der Waals surface area (Å²) >= 11 is 1.81. The van der Waals surface area contributed by atoms with Crippen LogP contribution in [0.15, 0.2) is 18.5 Å². The van der Waals surface area contributed by atoms with Gasteiger partial charge in [0.05, 0.1) is 18.6 Å². The van der Waals surface area contributed by atoms with Crippen LogP contribution < -0.4 is 4.74 Å². The van der Waals surface area contributed by atoms with Gasteiger partial charge < -0.3 is 14.4 Å². The first-order valence-corrected chi connectivity index (χ1v) is 11.3. The molecule has 2 aromatic rings. The molecule has 0 radical (unpaired) electrons. The van der Waals surface area contributed by atoms with Crippen molar-refractivity contribution in [3.8, 4) is 5.88 Å². The summed E-state index contributed by atoms with van der Waals surface area (Å²) in [6, 6.07) is 0.675. The Hall–Kier alpha value is -1.50. The first-order valence-electron chi connectivity index (χ1n) is 10.5. The molecule has 28 heavy (non-hydrogen) atoms. The average Bonchev–Trinajstić information content (AvgIpc) is 3.25. The van der Waals surface area contributed by atoms with Crippen molar-refractivity contribution in [1.29, 1.82) is 0 Å². The van der Waals surface area contributed by atoms with Crippen LogP contribution >= 0.6 is 11.3 Å². The maximum Gasteiger partial charge on any atom is 0.225 e. The molecule has 1 unspecified atom stereocenters. The van der Waals surface area contributed by atoms with Crippen LogP contribution in [0.3, 0.4) is 0 Å². The van der Waals surface area contributed by atoms with Gasteiger partial charge in [0.2, 0.25) is 5.88 Å². The van der Waals surface area contributed by atoms with Crippen LogP contribution in [0, 0.1) is 0 Å². The molecule has 2 aliphatic carbocycles. The molecule has 2 aromatic heterocycles. The molecule has 1 fully saturated rings. The molecular formula is C22H31N3O2S. The van der Waals surface area contributed by atoms with Gasteiger partial charge in [0.25, 0.3) is 0 Å². The lowest BCUT2D eigenvalue weighted by atomic mass is 9.92. The van der Waals surface area contributed by atoms with Crippen LogP contribution in [0.25, 0.3) is 10.2 Å². The Kier molecular flexibility index (Phi) is 6.28. The highest BCUT2D eigenvalue weighted by atomic mass is 32.1. The number of fused-ring (bicyclic) bond motifs is 3. The normalized spacial score (nSPS) is 25.1. The molecule has 0 aromatic carbocycles. The molecule has 0 amide bonds. The molecule has 0 bridgehead atoms. The zero-order chi connectivity index (χ0) is 19.5. The number of ether oxygens (including phenoxy) is 2. The Labute approximate surface area is 171 Å². The summed E-state index contributed by atoms with van der Waals surface area (Å²) in [7, 11) is 4.35. The summed E-state index contributed by atoms with van der Waals surface area (Å²) < 4.78 is 12.3. The maximum absolute atomic E-state index is 6.46. The third-order valence-electron chi connectivity index (χ3n) is 6.12. The molecule has 6 heteroatoms. The van der Waals surface area contributed by atoms with Gasteiger partial charge in [-0.1, -0.05) is 12.2 Å². The molecule has 1 atom stereocenters. The fourth-order valence-corrected chi connectivity index (χ4v) is 5.74. The molecule has 4 rings (SSSR count). The number of hydrogen-bond acceptors (Lipinski definition) is 6. The molecule has 5 nitrogen and oxygen atoms in total. The Morgan fingerprint density at radius 1 is 1.18 bits per heavy atom. The Morgan fingerprint density at radius 3 is 2.75 bits per heavy atom. The lowest BCUT2D eigenvalue weighted by molar-refractivity contribution is 0.108. The second-order valence-corrected chi connectivity index (χ2v) is 9.24. The van der Waals surface area contributed by atoms with Crippen LogP contribution in [0.2, 0.25) is 0 Å². The van der Waals surface area contributed by atoms with Crippen LogP contribution in [0.5, 0.6) is 5.88 Å². The largest absolute Gasteiger partial charge is 0.474 e. The molecule has 0 spiro atoms.